The minimum absolute atomic E-state index is 0.507. The zero-order valence-electron chi connectivity index (χ0n) is 9.91. The van der Waals surface area contributed by atoms with Gasteiger partial charge in [-0.15, -0.1) is 11.3 Å². The maximum Gasteiger partial charge on any atom is 0.129 e. The van der Waals surface area contributed by atoms with Crippen molar-refractivity contribution in [1.82, 2.24) is 10.2 Å². The van der Waals surface area contributed by atoms with Crippen LogP contribution in [0.2, 0.25) is 0 Å². The van der Waals surface area contributed by atoms with Crippen LogP contribution >= 0.6 is 11.3 Å². The molecule has 1 rings (SSSR count). The van der Waals surface area contributed by atoms with Crippen LogP contribution in [0.1, 0.15) is 11.8 Å². The maximum atomic E-state index is 5.14. The van der Waals surface area contributed by atoms with E-state index in [9.17, 15) is 0 Å². The minimum atomic E-state index is 0.507. The van der Waals surface area contributed by atoms with Crippen molar-refractivity contribution in [1.29, 1.82) is 0 Å². The monoisotopic (exact) mass is 228 g/mol. The summed E-state index contributed by atoms with van der Waals surface area (Å²) in [4.78, 5) is 3.50. The van der Waals surface area contributed by atoms with Crippen molar-refractivity contribution in [3.8, 4) is 5.75 Å². The molecular formula is C11H20N2OS. The molecule has 0 aliphatic rings. The third-order valence-corrected chi connectivity index (χ3v) is 3.04. The van der Waals surface area contributed by atoms with E-state index < -0.39 is 0 Å². The predicted octanol–water partition coefficient (Wildman–Crippen LogP) is 1.80. The van der Waals surface area contributed by atoms with Gasteiger partial charge < -0.3 is 15.0 Å². The van der Waals surface area contributed by atoms with Gasteiger partial charge in [0, 0.05) is 29.4 Å². The fourth-order valence-corrected chi connectivity index (χ4v) is 2.23. The van der Waals surface area contributed by atoms with Crippen LogP contribution in [0.3, 0.4) is 0 Å². The summed E-state index contributed by atoms with van der Waals surface area (Å²) in [6.07, 6.45) is 0. The lowest BCUT2D eigenvalue weighted by molar-refractivity contribution is 0.349. The summed E-state index contributed by atoms with van der Waals surface area (Å²) < 4.78 is 5.14. The van der Waals surface area contributed by atoms with Gasteiger partial charge >= 0.3 is 0 Å². The molecule has 0 saturated heterocycles. The molecule has 0 aliphatic heterocycles. The second-order valence-corrected chi connectivity index (χ2v) is 4.99. The van der Waals surface area contributed by atoms with Crippen LogP contribution in [0.15, 0.2) is 11.4 Å². The zero-order chi connectivity index (χ0) is 11.3. The summed E-state index contributed by atoms with van der Waals surface area (Å²) in [7, 11) is 5.88. The average Bonchev–Trinajstić information content (AvgIpc) is 2.61. The second-order valence-electron chi connectivity index (χ2n) is 4.00. The first-order chi connectivity index (χ1) is 7.11. The Balaban J connectivity index is 2.30. The van der Waals surface area contributed by atoms with E-state index in [1.54, 1.807) is 18.4 Å². The van der Waals surface area contributed by atoms with E-state index in [1.165, 1.54) is 4.88 Å². The van der Waals surface area contributed by atoms with Gasteiger partial charge in [0.2, 0.25) is 0 Å². The third-order valence-electron chi connectivity index (χ3n) is 2.13. The van der Waals surface area contributed by atoms with E-state index >= 15 is 0 Å². The van der Waals surface area contributed by atoms with Crippen LogP contribution in [-0.2, 0) is 6.54 Å². The van der Waals surface area contributed by atoms with Crippen LogP contribution in [0.25, 0.3) is 0 Å². The topological polar surface area (TPSA) is 24.5 Å². The van der Waals surface area contributed by atoms with Crippen LogP contribution < -0.4 is 10.1 Å². The SMILES string of the molecule is COc1csc(CNC(C)CN(C)C)c1. The Hall–Kier alpha value is -0.580. The predicted molar refractivity (Wildman–Crippen MR) is 65.7 cm³/mol. The molecular weight excluding hydrogens is 208 g/mol. The minimum Gasteiger partial charge on any atom is -0.496 e. The molecule has 1 N–H and O–H groups in total. The van der Waals surface area contributed by atoms with Crippen molar-refractivity contribution in [2.75, 3.05) is 27.7 Å². The largest absolute Gasteiger partial charge is 0.496 e. The molecule has 1 aromatic rings. The van der Waals surface area contributed by atoms with Gasteiger partial charge in [0.05, 0.1) is 7.11 Å². The van der Waals surface area contributed by atoms with E-state index in [0.29, 0.717) is 6.04 Å². The van der Waals surface area contributed by atoms with Gasteiger partial charge in [-0.3, -0.25) is 0 Å². The molecule has 1 atom stereocenters. The Morgan fingerprint density at radius 2 is 2.27 bits per heavy atom. The van der Waals surface area contributed by atoms with E-state index in [4.69, 9.17) is 4.74 Å². The first-order valence-electron chi connectivity index (χ1n) is 5.11. The van der Waals surface area contributed by atoms with Crippen LogP contribution in [0.4, 0.5) is 0 Å². The van der Waals surface area contributed by atoms with Crippen LogP contribution in [0, 0.1) is 0 Å². The molecule has 0 spiro atoms. The number of methoxy groups -OCH3 is 1. The molecule has 1 aromatic heterocycles. The number of hydrogen-bond donors (Lipinski definition) is 1. The van der Waals surface area contributed by atoms with Crippen molar-refractivity contribution in [2.24, 2.45) is 0 Å². The standard InChI is InChI=1S/C11H20N2OS/c1-9(7-13(2)3)12-6-11-5-10(14-4)8-15-11/h5,8-9,12H,6-7H2,1-4H3. The Kier molecular flexibility index (Phi) is 5.08. The maximum absolute atomic E-state index is 5.14. The molecule has 0 fully saturated rings. The zero-order valence-corrected chi connectivity index (χ0v) is 10.7. The van der Waals surface area contributed by atoms with Crippen molar-refractivity contribution in [2.45, 2.75) is 19.5 Å². The first-order valence-corrected chi connectivity index (χ1v) is 5.99. The number of hydrogen-bond acceptors (Lipinski definition) is 4. The lowest BCUT2D eigenvalue weighted by Gasteiger charge is -2.17. The number of ether oxygens (including phenoxy) is 1. The fourth-order valence-electron chi connectivity index (χ4n) is 1.45. The fraction of sp³-hybridized carbons (Fsp3) is 0.636. The van der Waals surface area contributed by atoms with E-state index in [-0.39, 0.29) is 0 Å². The molecule has 0 amide bonds. The highest BCUT2D eigenvalue weighted by molar-refractivity contribution is 7.10. The van der Waals surface area contributed by atoms with Gasteiger partial charge in [-0.1, -0.05) is 0 Å². The summed E-state index contributed by atoms with van der Waals surface area (Å²) >= 11 is 1.73. The van der Waals surface area contributed by atoms with E-state index in [1.807, 2.05) is 5.38 Å². The normalized spacial score (nSPS) is 13.1. The van der Waals surface area contributed by atoms with Crippen molar-refractivity contribution >= 4 is 11.3 Å². The molecule has 15 heavy (non-hydrogen) atoms. The molecule has 1 heterocycles. The molecule has 0 aromatic carbocycles. The number of likely N-dealkylation sites (N-methyl/N-ethyl adjacent to an activating group) is 1. The Labute approximate surface area is 96.0 Å². The Morgan fingerprint density at radius 3 is 2.80 bits per heavy atom. The highest BCUT2D eigenvalue weighted by atomic mass is 32.1. The molecule has 4 heteroatoms. The van der Waals surface area contributed by atoms with Gasteiger partial charge in [0.25, 0.3) is 0 Å². The Bertz CT molecular complexity index is 286. The summed E-state index contributed by atoms with van der Waals surface area (Å²) in [5, 5.41) is 5.52. The van der Waals surface area contributed by atoms with E-state index in [2.05, 4.69) is 37.3 Å². The van der Waals surface area contributed by atoms with Gasteiger partial charge in [-0.2, -0.15) is 0 Å². The van der Waals surface area contributed by atoms with Gasteiger partial charge in [0.1, 0.15) is 5.75 Å². The summed E-state index contributed by atoms with van der Waals surface area (Å²) in [6, 6.07) is 2.59. The van der Waals surface area contributed by atoms with Gasteiger partial charge in [0.15, 0.2) is 0 Å². The molecule has 3 nitrogen and oxygen atoms in total. The molecule has 0 radical (unpaired) electrons. The summed E-state index contributed by atoms with van der Waals surface area (Å²) in [6.45, 7) is 4.18. The molecule has 0 aliphatic carbocycles. The Morgan fingerprint density at radius 1 is 1.53 bits per heavy atom. The quantitative estimate of drug-likeness (QED) is 0.803. The highest BCUT2D eigenvalue weighted by Crippen LogP contribution is 2.20. The first kappa shape index (κ1) is 12.5. The molecule has 0 bridgehead atoms. The third kappa shape index (κ3) is 4.64. The molecule has 1 unspecified atom stereocenters. The van der Waals surface area contributed by atoms with Crippen molar-refractivity contribution in [3.63, 3.8) is 0 Å². The van der Waals surface area contributed by atoms with Crippen LogP contribution in [-0.4, -0.2) is 38.7 Å². The number of nitrogens with zero attached hydrogens (tertiary/aromatic N) is 1. The highest BCUT2D eigenvalue weighted by Gasteiger charge is 2.04. The molecule has 86 valence electrons. The average molecular weight is 228 g/mol. The van der Waals surface area contributed by atoms with E-state index in [0.717, 1.165) is 18.8 Å². The van der Waals surface area contributed by atoms with Crippen LogP contribution in [0.5, 0.6) is 5.75 Å². The number of nitrogens with one attached hydrogen (secondary N) is 1. The molecule has 0 saturated carbocycles. The van der Waals surface area contributed by atoms with Gasteiger partial charge in [-0.25, -0.2) is 0 Å². The number of thiophene rings is 1. The summed E-state index contributed by atoms with van der Waals surface area (Å²) in [5.74, 6) is 0.956. The smallest absolute Gasteiger partial charge is 0.129 e. The summed E-state index contributed by atoms with van der Waals surface area (Å²) in [5.41, 5.74) is 0. The lowest BCUT2D eigenvalue weighted by atomic mass is 10.3. The second kappa shape index (κ2) is 6.10. The van der Waals surface area contributed by atoms with Crippen molar-refractivity contribution < 1.29 is 4.74 Å². The number of rotatable bonds is 6. The lowest BCUT2D eigenvalue weighted by Crippen LogP contribution is -2.35. The van der Waals surface area contributed by atoms with Gasteiger partial charge in [-0.05, 0) is 27.1 Å². The van der Waals surface area contributed by atoms with Crippen molar-refractivity contribution in [3.05, 3.63) is 16.3 Å².